The Balaban J connectivity index is 1.40. The van der Waals surface area contributed by atoms with Gasteiger partial charge < -0.3 is 0 Å². The van der Waals surface area contributed by atoms with Crippen molar-refractivity contribution >= 4 is 58.4 Å². The van der Waals surface area contributed by atoms with Crippen molar-refractivity contribution in [3.8, 4) is 0 Å². The van der Waals surface area contributed by atoms with Crippen molar-refractivity contribution in [1.82, 2.24) is 15.8 Å². The van der Waals surface area contributed by atoms with Crippen molar-refractivity contribution in [3.63, 3.8) is 0 Å². The monoisotopic (exact) mass is 497 g/mol. The van der Waals surface area contributed by atoms with Crippen LogP contribution in [0.4, 0.5) is 0 Å². The first kappa shape index (κ1) is 22.7. The summed E-state index contributed by atoms with van der Waals surface area (Å²) in [5.74, 6) is 0.273. The van der Waals surface area contributed by atoms with Crippen LogP contribution in [0.2, 0.25) is 15.1 Å². The molecule has 3 fully saturated rings. The second-order valence-electron chi connectivity index (χ2n) is 7.79. The smallest absolute Gasteiger partial charge is 0.271 e. The summed E-state index contributed by atoms with van der Waals surface area (Å²) in [7, 11) is 0. The number of hydrazine groups is 1. The highest BCUT2D eigenvalue weighted by atomic mass is 35.5. The van der Waals surface area contributed by atoms with E-state index in [9.17, 15) is 9.59 Å². The molecule has 31 heavy (non-hydrogen) atoms. The zero-order valence-electron chi connectivity index (χ0n) is 16.6. The van der Waals surface area contributed by atoms with E-state index in [0.717, 1.165) is 31.7 Å². The molecule has 3 saturated heterocycles. The minimum absolute atomic E-state index is 0.0687. The first-order chi connectivity index (χ1) is 14.9. The fourth-order valence-corrected chi connectivity index (χ4v) is 6.40. The fourth-order valence-electron chi connectivity index (χ4n) is 4.25. The fraction of sp³-hybridized carbons (Fsp3) is 0.364. The van der Waals surface area contributed by atoms with E-state index in [4.69, 9.17) is 34.8 Å². The van der Waals surface area contributed by atoms with Gasteiger partial charge in [-0.1, -0.05) is 46.9 Å². The van der Waals surface area contributed by atoms with E-state index in [0.29, 0.717) is 16.0 Å². The lowest BCUT2D eigenvalue weighted by Gasteiger charge is -2.49. The minimum Gasteiger partial charge on any atom is -0.291 e. The molecule has 0 saturated carbocycles. The Labute approximate surface area is 200 Å². The summed E-state index contributed by atoms with van der Waals surface area (Å²) in [5, 5.41) is 1.46. The third-order valence-electron chi connectivity index (χ3n) is 5.86. The molecule has 3 heterocycles. The highest BCUT2D eigenvalue weighted by Gasteiger charge is 2.46. The largest absolute Gasteiger partial charge is 0.291 e. The Hall–Kier alpha value is -1.44. The number of thioether (sulfide) groups is 1. The van der Waals surface area contributed by atoms with E-state index < -0.39 is 5.91 Å². The molecule has 2 aromatic carbocycles. The molecule has 2 amide bonds. The number of nitrogens with one attached hydrogen (secondary N) is 2. The van der Waals surface area contributed by atoms with Gasteiger partial charge in [-0.25, -0.2) is 0 Å². The summed E-state index contributed by atoms with van der Waals surface area (Å²) in [6.07, 6.45) is 1.99. The third kappa shape index (κ3) is 5.32. The second-order valence-corrected chi connectivity index (χ2v) is 10.2. The molecule has 0 spiro atoms. The Bertz CT molecular complexity index is 965. The molecule has 2 N–H and O–H groups in total. The van der Waals surface area contributed by atoms with Crippen LogP contribution in [0.15, 0.2) is 42.5 Å². The lowest BCUT2D eigenvalue weighted by Crippen LogP contribution is -2.59. The van der Waals surface area contributed by atoms with Crippen molar-refractivity contribution in [2.45, 2.75) is 24.0 Å². The van der Waals surface area contributed by atoms with Gasteiger partial charge in [-0.05, 0) is 67.7 Å². The first-order valence-corrected chi connectivity index (χ1v) is 12.3. The summed E-state index contributed by atoms with van der Waals surface area (Å²) < 4.78 is 0. The van der Waals surface area contributed by atoms with Crippen LogP contribution >= 0.6 is 46.6 Å². The number of fused-ring (bicyclic) bond motifs is 3. The number of hydrogen-bond donors (Lipinski definition) is 2. The van der Waals surface area contributed by atoms with Gasteiger partial charge in [0.15, 0.2) is 0 Å². The predicted octanol–water partition coefficient (Wildman–Crippen LogP) is 5.01. The molecule has 0 radical (unpaired) electrons. The van der Waals surface area contributed by atoms with Crippen LogP contribution in [0.3, 0.4) is 0 Å². The maximum absolute atomic E-state index is 13.1. The van der Waals surface area contributed by atoms with Gasteiger partial charge in [0.25, 0.3) is 5.91 Å². The standard InChI is InChI=1S/C22H22Cl3N3O2S/c23-15-3-1-13(2-4-15)12-31-22-19(14-7-9-28(22)10-8-14)21(30)27-26-20(29)17-6-5-16(24)11-18(17)25/h1-6,11,14,19,22H,7-10,12H2,(H,26,29)(H,27,30)/t19-,22-/m1/s1. The molecular formula is C22H22Cl3N3O2S. The third-order valence-corrected chi connectivity index (χ3v) is 8.09. The molecule has 0 unspecified atom stereocenters. The van der Waals surface area contributed by atoms with Gasteiger partial charge in [-0.2, -0.15) is 0 Å². The van der Waals surface area contributed by atoms with Crippen molar-refractivity contribution in [1.29, 1.82) is 0 Å². The maximum Gasteiger partial charge on any atom is 0.271 e. The molecule has 0 aromatic heterocycles. The number of carbonyl (C=O) groups is 2. The van der Waals surface area contributed by atoms with Crippen molar-refractivity contribution < 1.29 is 9.59 Å². The lowest BCUT2D eigenvalue weighted by molar-refractivity contribution is -0.133. The van der Waals surface area contributed by atoms with Crippen molar-refractivity contribution in [2.75, 3.05) is 13.1 Å². The number of piperidine rings is 3. The molecule has 3 aliphatic heterocycles. The highest BCUT2D eigenvalue weighted by molar-refractivity contribution is 7.99. The van der Waals surface area contributed by atoms with E-state index >= 15 is 0 Å². The molecule has 3 aliphatic rings. The van der Waals surface area contributed by atoms with Gasteiger partial charge in [0.05, 0.1) is 21.9 Å². The molecule has 5 nitrogen and oxygen atoms in total. The number of nitrogens with zero attached hydrogens (tertiary/aromatic N) is 1. The minimum atomic E-state index is -0.471. The van der Waals surface area contributed by atoms with Crippen LogP contribution < -0.4 is 10.9 Å². The van der Waals surface area contributed by atoms with Crippen LogP contribution in [-0.4, -0.2) is 35.2 Å². The summed E-state index contributed by atoms with van der Waals surface area (Å²) in [4.78, 5) is 27.9. The number of halogens is 3. The molecule has 9 heteroatoms. The first-order valence-electron chi connectivity index (χ1n) is 10.1. The van der Waals surface area contributed by atoms with Gasteiger partial charge >= 0.3 is 0 Å². The van der Waals surface area contributed by atoms with Crippen LogP contribution in [-0.2, 0) is 10.5 Å². The maximum atomic E-state index is 13.1. The van der Waals surface area contributed by atoms with E-state index in [2.05, 4.69) is 15.8 Å². The molecule has 164 valence electrons. The van der Waals surface area contributed by atoms with E-state index in [1.807, 2.05) is 24.3 Å². The number of rotatable bonds is 5. The Kier molecular flexibility index (Phi) is 7.34. The highest BCUT2D eigenvalue weighted by Crippen LogP contribution is 2.42. The molecule has 2 aromatic rings. The van der Waals surface area contributed by atoms with Crippen molar-refractivity contribution in [3.05, 3.63) is 68.7 Å². The van der Waals surface area contributed by atoms with E-state index in [1.54, 1.807) is 17.8 Å². The molecule has 0 aliphatic carbocycles. The van der Waals surface area contributed by atoms with Gasteiger partial charge in [0, 0.05) is 15.8 Å². The Morgan fingerprint density at radius 3 is 2.32 bits per heavy atom. The van der Waals surface area contributed by atoms with E-state index in [1.165, 1.54) is 17.7 Å². The lowest BCUT2D eigenvalue weighted by atomic mass is 9.78. The quantitative estimate of drug-likeness (QED) is 0.569. The summed E-state index contributed by atoms with van der Waals surface area (Å²) in [5.41, 5.74) is 6.56. The van der Waals surface area contributed by atoms with Gasteiger partial charge in [0.1, 0.15) is 0 Å². The van der Waals surface area contributed by atoms with Crippen LogP contribution in [0.5, 0.6) is 0 Å². The number of carbonyl (C=O) groups excluding carboxylic acids is 2. The number of hydrogen-bond acceptors (Lipinski definition) is 4. The van der Waals surface area contributed by atoms with Crippen LogP contribution in [0.25, 0.3) is 0 Å². The predicted molar refractivity (Wildman–Crippen MR) is 126 cm³/mol. The number of amides is 2. The average molecular weight is 499 g/mol. The number of benzene rings is 2. The van der Waals surface area contributed by atoms with Crippen LogP contribution in [0.1, 0.15) is 28.8 Å². The topological polar surface area (TPSA) is 61.4 Å². The summed E-state index contributed by atoms with van der Waals surface area (Å²) in [6, 6.07) is 12.4. The van der Waals surface area contributed by atoms with Gasteiger partial charge in [-0.3, -0.25) is 25.3 Å². The Morgan fingerprint density at radius 1 is 0.968 bits per heavy atom. The summed E-state index contributed by atoms with van der Waals surface area (Å²) in [6.45, 7) is 2.00. The molecule has 5 rings (SSSR count). The average Bonchev–Trinajstić information content (AvgIpc) is 2.77. The normalized spacial score (nSPS) is 24.6. The zero-order chi connectivity index (χ0) is 22.0. The van der Waals surface area contributed by atoms with E-state index in [-0.39, 0.29) is 27.8 Å². The van der Waals surface area contributed by atoms with Crippen molar-refractivity contribution in [2.24, 2.45) is 11.8 Å². The van der Waals surface area contributed by atoms with Gasteiger partial charge in [-0.15, -0.1) is 11.8 Å². The SMILES string of the molecule is O=C(NNC(=O)[C@H]1C2CCN(CC2)[C@@H]1SCc1ccc(Cl)cc1)c1ccc(Cl)cc1Cl. The Morgan fingerprint density at radius 2 is 1.65 bits per heavy atom. The zero-order valence-corrected chi connectivity index (χ0v) is 19.7. The van der Waals surface area contributed by atoms with Crippen LogP contribution in [0, 0.1) is 11.8 Å². The molecule has 2 atom stereocenters. The van der Waals surface area contributed by atoms with Gasteiger partial charge in [0.2, 0.25) is 5.91 Å². The molecule has 2 bridgehead atoms. The molecular weight excluding hydrogens is 477 g/mol. The second kappa shape index (κ2) is 10.0. The summed E-state index contributed by atoms with van der Waals surface area (Å²) >= 11 is 19.7.